The number of aromatic nitrogens is 1. The van der Waals surface area contributed by atoms with Crippen LogP contribution in [0.3, 0.4) is 0 Å². The summed E-state index contributed by atoms with van der Waals surface area (Å²) >= 11 is 3.10. The molecule has 0 radical (unpaired) electrons. The van der Waals surface area contributed by atoms with Crippen LogP contribution < -0.4 is 0 Å². The molecule has 1 atom stereocenters. The second-order valence-electron chi connectivity index (χ2n) is 7.69. The van der Waals surface area contributed by atoms with E-state index >= 15 is 0 Å². The number of carbonyl (C=O) groups is 2. The molecule has 4 rings (SSSR count). The van der Waals surface area contributed by atoms with E-state index in [-0.39, 0.29) is 11.3 Å². The first kappa shape index (κ1) is 17.3. The van der Waals surface area contributed by atoms with E-state index in [2.05, 4.69) is 9.88 Å². The summed E-state index contributed by atoms with van der Waals surface area (Å²) in [6.07, 6.45) is 5.40. The monoisotopic (exact) mass is 379 g/mol. The number of nitrogens with zero attached hydrogens (tertiary/aromatic N) is 3. The summed E-state index contributed by atoms with van der Waals surface area (Å²) in [6.45, 7) is 5.15. The number of likely N-dealkylation sites (tertiary alicyclic amines) is 2. The normalized spacial score (nSPS) is 26.7. The highest BCUT2D eigenvalue weighted by atomic mass is 32.2. The van der Waals surface area contributed by atoms with E-state index in [0.717, 1.165) is 54.8 Å². The van der Waals surface area contributed by atoms with Crippen LogP contribution >= 0.6 is 23.1 Å². The first-order valence-electron chi connectivity index (χ1n) is 9.18. The SMILES string of the molecule is Cc1csc(SCC(=O)N2CCC3(CCCN(CC4CC4)C3=O)C2)n1. The molecular weight excluding hydrogens is 354 g/mol. The highest BCUT2D eigenvalue weighted by Gasteiger charge is 2.49. The van der Waals surface area contributed by atoms with E-state index < -0.39 is 0 Å². The molecule has 2 saturated heterocycles. The van der Waals surface area contributed by atoms with E-state index in [1.54, 1.807) is 11.3 Å². The van der Waals surface area contributed by atoms with Crippen molar-refractivity contribution in [2.75, 3.05) is 31.9 Å². The van der Waals surface area contributed by atoms with Gasteiger partial charge in [-0.3, -0.25) is 9.59 Å². The topological polar surface area (TPSA) is 53.5 Å². The zero-order valence-corrected chi connectivity index (χ0v) is 16.3. The van der Waals surface area contributed by atoms with Crippen molar-refractivity contribution in [3.05, 3.63) is 11.1 Å². The zero-order valence-electron chi connectivity index (χ0n) is 14.7. The molecule has 0 N–H and O–H groups in total. The fourth-order valence-corrected chi connectivity index (χ4v) is 5.77. The Hall–Kier alpha value is -1.08. The van der Waals surface area contributed by atoms with Gasteiger partial charge in [-0.25, -0.2) is 4.98 Å². The fraction of sp³-hybridized carbons (Fsp3) is 0.722. The van der Waals surface area contributed by atoms with Crippen LogP contribution in [0.4, 0.5) is 0 Å². The number of thioether (sulfide) groups is 1. The van der Waals surface area contributed by atoms with Crippen LogP contribution in [0.2, 0.25) is 0 Å². The number of thiazole rings is 1. The van der Waals surface area contributed by atoms with E-state index in [1.165, 1.54) is 24.6 Å². The van der Waals surface area contributed by atoms with Crippen LogP contribution in [0.1, 0.15) is 37.8 Å². The fourth-order valence-electron chi connectivity index (χ4n) is 4.02. The standard InChI is InChI=1S/C18H25N3O2S2/c1-13-10-24-17(19-13)25-11-15(22)21-8-6-18(12-21)5-2-7-20(16(18)23)9-14-3-4-14/h10,14H,2-9,11-12H2,1H3. The lowest BCUT2D eigenvalue weighted by molar-refractivity contribution is -0.146. The predicted octanol–water partition coefficient (Wildman–Crippen LogP) is 2.79. The summed E-state index contributed by atoms with van der Waals surface area (Å²) in [4.78, 5) is 34.0. The Morgan fingerprint density at radius 3 is 2.96 bits per heavy atom. The maximum atomic E-state index is 13.0. The van der Waals surface area contributed by atoms with Crippen molar-refractivity contribution < 1.29 is 9.59 Å². The van der Waals surface area contributed by atoms with Crippen molar-refractivity contribution >= 4 is 34.9 Å². The summed E-state index contributed by atoms with van der Waals surface area (Å²) < 4.78 is 0.948. The Kier molecular flexibility index (Phi) is 4.79. The quantitative estimate of drug-likeness (QED) is 0.738. The van der Waals surface area contributed by atoms with Crippen molar-refractivity contribution in [3.63, 3.8) is 0 Å². The van der Waals surface area contributed by atoms with Gasteiger partial charge in [0.25, 0.3) is 0 Å². The molecule has 1 spiro atoms. The molecule has 2 aliphatic heterocycles. The van der Waals surface area contributed by atoms with Crippen LogP contribution in [0.5, 0.6) is 0 Å². The summed E-state index contributed by atoms with van der Waals surface area (Å²) in [7, 11) is 0. The Bertz CT molecular complexity index is 673. The highest BCUT2D eigenvalue weighted by molar-refractivity contribution is 8.01. The molecule has 0 bridgehead atoms. The largest absolute Gasteiger partial charge is 0.342 e. The van der Waals surface area contributed by atoms with Gasteiger partial charge in [0.1, 0.15) is 0 Å². The number of rotatable bonds is 5. The number of hydrogen-bond donors (Lipinski definition) is 0. The lowest BCUT2D eigenvalue weighted by Crippen LogP contribution is -2.51. The second kappa shape index (κ2) is 6.91. The molecule has 1 aromatic rings. The highest BCUT2D eigenvalue weighted by Crippen LogP contribution is 2.42. The first-order valence-corrected chi connectivity index (χ1v) is 11.0. The minimum absolute atomic E-state index is 0.141. The average molecular weight is 380 g/mol. The molecule has 7 heteroatoms. The van der Waals surface area contributed by atoms with Crippen molar-refractivity contribution in [1.29, 1.82) is 0 Å². The minimum Gasteiger partial charge on any atom is -0.342 e. The third-order valence-corrected chi connectivity index (χ3v) is 7.75. The van der Waals surface area contributed by atoms with Gasteiger partial charge < -0.3 is 9.80 Å². The lowest BCUT2D eigenvalue weighted by Gasteiger charge is -2.39. The number of aryl methyl sites for hydroxylation is 1. The first-order chi connectivity index (χ1) is 12.1. The van der Waals surface area contributed by atoms with E-state index in [9.17, 15) is 9.59 Å². The van der Waals surface area contributed by atoms with Crippen LogP contribution in [0.25, 0.3) is 0 Å². The number of piperidine rings is 1. The van der Waals surface area contributed by atoms with Crippen molar-refractivity contribution in [2.24, 2.45) is 11.3 Å². The van der Waals surface area contributed by atoms with Crippen molar-refractivity contribution in [3.8, 4) is 0 Å². The number of hydrogen-bond acceptors (Lipinski definition) is 5. The smallest absolute Gasteiger partial charge is 0.233 e. The van der Waals surface area contributed by atoms with Gasteiger partial charge in [0, 0.05) is 37.3 Å². The molecule has 5 nitrogen and oxygen atoms in total. The van der Waals surface area contributed by atoms with Crippen molar-refractivity contribution in [1.82, 2.24) is 14.8 Å². The minimum atomic E-state index is -0.300. The van der Waals surface area contributed by atoms with Crippen LogP contribution in [0, 0.1) is 18.3 Å². The Labute approximate surface area is 157 Å². The van der Waals surface area contributed by atoms with E-state index in [4.69, 9.17) is 0 Å². The summed E-state index contributed by atoms with van der Waals surface area (Å²) in [5, 5.41) is 2.01. The molecule has 3 aliphatic rings. The van der Waals surface area contributed by atoms with Crippen molar-refractivity contribution in [2.45, 2.75) is 43.4 Å². The summed E-state index contributed by atoms with van der Waals surface area (Å²) in [5.74, 6) is 1.60. The van der Waals surface area contributed by atoms with Gasteiger partial charge in [-0.05, 0) is 44.9 Å². The molecule has 2 amide bonds. The maximum absolute atomic E-state index is 13.0. The molecule has 3 fully saturated rings. The zero-order chi connectivity index (χ0) is 17.4. The van der Waals surface area contributed by atoms with Crippen LogP contribution in [-0.4, -0.2) is 58.5 Å². The molecule has 25 heavy (non-hydrogen) atoms. The summed E-state index contributed by atoms with van der Waals surface area (Å²) in [6, 6.07) is 0. The molecule has 1 unspecified atom stereocenters. The summed E-state index contributed by atoms with van der Waals surface area (Å²) in [5.41, 5.74) is 0.703. The molecule has 0 aromatic carbocycles. The lowest BCUT2D eigenvalue weighted by atomic mass is 9.78. The number of amides is 2. The predicted molar refractivity (Wildman–Crippen MR) is 99.7 cm³/mol. The number of carbonyl (C=O) groups excluding carboxylic acids is 2. The molecule has 3 heterocycles. The second-order valence-corrected chi connectivity index (χ2v) is 9.77. The van der Waals surface area contributed by atoms with Crippen LogP contribution in [-0.2, 0) is 9.59 Å². The Balaban J connectivity index is 1.34. The maximum Gasteiger partial charge on any atom is 0.233 e. The molecule has 1 aromatic heterocycles. The van der Waals surface area contributed by atoms with Gasteiger partial charge >= 0.3 is 0 Å². The van der Waals surface area contributed by atoms with Gasteiger partial charge in [0.2, 0.25) is 11.8 Å². The molecule has 1 aliphatic carbocycles. The van der Waals surface area contributed by atoms with Gasteiger partial charge in [-0.15, -0.1) is 11.3 Å². The van der Waals surface area contributed by atoms with E-state index in [0.29, 0.717) is 18.2 Å². The molecular formula is C18H25N3O2S2. The Morgan fingerprint density at radius 1 is 1.40 bits per heavy atom. The molecule has 136 valence electrons. The van der Waals surface area contributed by atoms with Gasteiger partial charge in [-0.1, -0.05) is 11.8 Å². The van der Waals surface area contributed by atoms with Gasteiger partial charge in [0.15, 0.2) is 4.34 Å². The molecule has 1 saturated carbocycles. The van der Waals surface area contributed by atoms with Gasteiger partial charge in [-0.2, -0.15) is 0 Å². The van der Waals surface area contributed by atoms with Crippen LogP contribution in [0.15, 0.2) is 9.72 Å². The van der Waals surface area contributed by atoms with E-state index in [1.807, 2.05) is 17.2 Å². The average Bonchev–Trinajstić information content (AvgIpc) is 3.15. The third kappa shape index (κ3) is 3.72. The Morgan fingerprint density at radius 2 is 2.24 bits per heavy atom. The third-order valence-electron chi connectivity index (χ3n) is 5.62. The van der Waals surface area contributed by atoms with Gasteiger partial charge in [0.05, 0.1) is 11.2 Å².